The van der Waals surface area contributed by atoms with Crippen LogP contribution in [-0.4, -0.2) is 18.5 Å². The quantitative estimate of drug-likeness (QED) is 0.518. The van der Waals surface area contributed by atoms with E-state index in [1.165, 1.54) is 0 Å². The topological polar surface area (TPSA) is 26.0 Å². The standard InChI is InChI=1S/C8H18BNS/c1-7(2,9)5-8(3,4)11-6-10/h5-6,10H2,1-4H3. The lowest BCUT2D eigenvalue weighted by atomic mass is 9.67. The molecule has 2 N–H and O–H groups in total. The highest BCUT2D eigenvalue weighted by molar-refractivity contribution is 8.00. The van der Waals surface area contributed by atoms with Gasteiger partial charge >= 0.3 is 0 Å². The van der Waals surface area contributed by atoms with Crippen molar-refractivity contribution < 1.29 is 0 Å². The molecule has 0 saturated heterocycles. The molecule has 0 saturated carbocycles. The summed E-state index contributed by atoms with van der Waals surface area (Å²) < 4.78 is 0.201. The molecule has 0 fully saturated rings. The van der Waals surface area contributed by atoms with Gasteiger partial charge in [0, 0.05) is 10.6 Å². The summed E-state index contributed by atoms with van der Waals surface area (Å²) in [4.78, 5) is 0. The molecule has 3 heteroatoms. The minimum atomic E-state index is -0.0916. The highest BCUT2D eigenvalue weighted by atomic mass is 32.2. The summed E-state index contributed by atoms with van der Waals surface area (Å²) in [5.41, 5.74) is 5.46. The molecular formula is C8H18BNS. The van der Waals surface area contributed by atoms with Crippen LogP contribution < -0.4 is 5.73 Å². The van der Waals surface area contributed by atoms with Crippen molar-refractivity contribution in [2.24, 2.45) is 5.73 Å². The van der Waals surface area contributed by atoms with E-state index in [1.807, 2.05) is 13.8 Å². The Balaban J connectivity index is 3.91. The third-order valence-corrected chi connectivity index (χ3v) is 2.45. The van der Waals surface area contributed by atoms with Gasteiger partial charge in [0.15, 0.2) is 0 Å². The van der Waals surface area contributed by atoms with E-state index in [0.717, 1.165) is 6.42 Å². The molecule has 0 unspecified atom stereocenters. The van der Waals surface area contributed by atoms with E-state index in [9.17, 15) is 0 Å². The molecular weight excluding hydrogens is 153 g/mol. The summed E-state index contributed by atoms with van der Waals surface area (Å²) in [6.45, 7) is 8.45. The van der Waals surface area contributed by atoms with Crippen molar-refractivity contribution in [1.29, 1.82) is 0 Å². The Morgan fingerprint density at radius 2 is 1.73 bits per heavy atom. The van der Waals surface area contributed by atoms with Gasteiger partial charge < -0.3 is 5.73 Å². The van der Waals surface area contributed by atoms with Gasteiger partial charge in [-0.1, -0.05) is 33.0 Å². The summed E-state index contributed by atoms with van der Waals surface area (Å²) in [5.74, 6) is 0.670. The summed E-state index contributed by atoms with van der Waals surface area (Å²) >= 11 is 1.76. The van der Waals surface area contributed by atoms with Crippen molar-refractivity contribution >= 4 is 19.6 Å². The highest BCUT2D eigenvalue weighted by Crippen LogP contribution is 2.38. The fourth-order valence-electron chi connectivity index (χ4n) is 1.37. The minimum absolute atomic E-state index is 0.0916. The predicted octanol–water partition coefficient (Wildman–Crippen LogP) is 2.17. The zero-order valence-electron chi connectivity index (χ0n) is 7.98. The normalized spacial score (nSPS) is 13.5. The second kappa shape index (κ2) is 3.86. The van der Waals surface area contributed by atoms with E-state index < -0.39 is 0 Å². The molecule has 0 aromatic heterocycles. The smallest absolute Gasteiger partial charge is 0.0739 e. The van der Waals surface area contributed by atoms with Crippen molar-refractivity contribution in [1.82, 2.24) is 0 Å². The maximum atomic E-state index is 5.90. The average Bonchev–Trinajstić information content (AvgIpc) is 1.55. The van der Waals surface area contributed by atoms with Crippen LogP contribution in [0.15, 0.2) is 0 Å². The number of hydrogen-bond donors (Lipinski definition) is 1. The van der Waals surface area contributed by atoms with Crippen LogP contribution in [0.5, 0.6) is 0 Å². The van der Waals surface area contributed by atoms with Crippen LogP contribution in [0, 0.1) is 0 Å². The first-order chi connectivity index (χ1) is 4.77. The number of thioether (sulfide) groups is 1. The van der Waals surface area contributed by atoms with E-state index in [4.69, 9.17) is 13.6 Å². The van der Waals surface area contributed by atoms with Crippen LogP contribution in [0.25, 0.3) is 0 Å². The lowest BCUT2D eigenvalue weighted by molar-refractivity contribution is 0.522. The van der Waals surface area contributed by atoms with Crippen molar-refractivity contribution in [2.75, 3.05) is 5.88 Å². The van der Waals surface area contributed by atoms with Gasteiger partial charge in [-0.15, -0.1) is 11.8 Å². The molecule has 64 valence electrons. The minimum Gasteiger partial charge on any atom is -0.322 e. The molecule has 0 atom stereocenters. The van der Waals surface area contributed by atoms with Gasteiger partial charge in [-0.05, 0) is 6.42 Å². The number of rotatable bonds is 4. The number of hydrogen-bond acceptors (Lipinski definition) is 2. The first-order valence-electron chi connectivity index (χ1n) is 3.90. The lowest BCUT2D eigenvalue weighted by Crippen LogP contribution is -2.23. The first-order valence-corrected chi connectivity index (χ1v) is 4.88. The molecule has 0 aliphatic rings. The van der Waals surface area contributed by atoms with Crippen LogP contribution in [0.3, 0.4) is 0 Å². The molecule has 0 aliphatic heterocycles. The first kappa shape index (κ1) is 11.4. The van der Waals surface area contributed by atoms with Crippen LogP contribution >= 0.6 is 11.8 Å². The molecule has 0 aliphatic carbocycles. The van der Waals surface area contributed by atoms with Crippen molar-refractivity contribution in [3.8, 4) is 0 Å². The molecule has 0 spiro atoms. The van der Waals surface area contributed by atoms with E-state index >= 15 is 0 Å². The van der Waals surface area contributed by atoms with Gasteiger partial charge in [0.1, 0.15) is 0 Å². The second-order valence-corrected chi connectivity index (χ2v) is 5.96. The van der Waals surface area contributed by atoms with E-state index in [0.29, 0.717) is 5.88 Å². The largest absolute Gasteiger partial charge is 0.322 e. The van der Waals surface area contributed by atoms with Gasteiger partial charge in [0.05, 0.1) is 7.85 Å². The monoisotopic (exact) mass is 171 g/mol. The van der Waals surface area contributed by atoms with Gasteiger partial charge in [0.2, 0.25) is 0 Å². The van der Waals surface area contributed by atoms with Crippen molar-refractivity contribution in [2.45, 2.75) is 44.2 Å². The zero-order chi connectivity index (χ0) is 9.12. The summed E-state index contributed by atoms with van der Waals surface area (Å²) in [6, 6.07) is 0. The zero-order valence-corrected chi connectivity index (χ0v) is 8.79. The average molecular weight is 171 g/mol. The Kier molecular flexibility index (Phi) is 3.99. The Bertz CT molecular complexity index is 118. The maximum absolute atomic E-state index is 5.90. The Labute approximate surface area is 75.9 Å². The Hall–Kier alpha value is 0.375. The van der Waals surface area contributed by atoms with Crippen LogP contribution in [-0.2, 0) is 0 Å². The van der Waals surface area contributed by atoms with Crippen molar-refractivity contribution in [3.05, 3.63) is 0 Å². The molecule has 0 aromatic carbocycles. The van der Waals surface area contributed by atoms with E-state index in [2.05, 4.69) is 13.8 Å². The molecule has 0 amide bonds. The molecule has 0 bridgehead atoms. The summed E-state index contributed by atoms with van der Waals surface area (Å²) in [6.07, 6.45) is 0.988. The Morgan fingerprint density at radius 1 is 1.27 bits per heavy atom. The molecule has 0 aromatic rings. The van der Waals surface area contributed by atoms with Gasteiger partial charge in [-0.2, -0.15) is 0 Å². The van der Waals surface area contributed by atoms with Crippen LogP contribution in [0.4, 0.5) is 0 Å². The van der Waals surface area contributed by atoms with E-state index in [-0.39, 0.29) is 10.1 Å². The van der Waals surface area contributed by atoms with Crippen LogP contribution in [0.1, 0.15) is 34.1 Å². The second-order valence-electron chi connectivity index (χ2n) is 4.24. The summed E-state index contributed by atoms with van der Waals surface area (Å²) in [5, 5.41) is -0.0916. The molecule has 11 heavy (non-hydrogen) atoms. The molecule has 2 radical (unpaired) electrons. The molecule has 0 heterocycles. The maximum Gasteiger partial charge on any atom is 0.0739 e. The lowest BCUT2D eigenvalue weighted by Gasteiger charge is -2.31. The fourth-order valence-corrected chi connectivity index (χ4v) is 2.30. The van der Waals surface area contributed by atoms with E-state index in [1.54, 1.807) is 11.8 Å². The fraction of sp³-hybridized carbons (Fsp3) is 1.00. The summed E-state index contributed by atoms with van der Waals surface area (Å²) in [7, 11) is 5.90. The number of nitrogens with two attached hydrogens (primary N) is 1. The molecule has 1 nitrogen and oxygen atoms in total. The van der Waals surface area contributed by atoms with Crippen molar-refractivity contribution in [3.63, 3.8) is 0 Å². The predicted molar refractivity (Wildman–Crippen MR) is 55.1 cm³/mol. The Morgan fingerprint density at radius 3 is 2.00 bits per heavy atom. The van der Waals surface area contributed by atoms with Gasteiger partial charge in [-0.3, -0.25) is 0 Å². The van der Waals surface area contributed by atoms with Crippen LogP contribution in [0.2, 0.25) is 5.31 Å². The SMILES string of the molecule is [B]C(C)(C)CC(C)(C)SCN. The third kappa shape index (κ3) is 6.76. The van der Waals surface area contributed by atoms with Gasteiger partial charge in [-0.25, -0.2) is 0 Å². The van der Waals surface area contributed by atoms with Gasteiger partial charge in [0.25, 0.3) is 0 Å². The highest BCUT2D eigenvalue weighted by Gasteiger charge is 2.24. The molecule has 0 rings (SSSR count). The third-order valence-electron chi connectivity index (χ3n) is 1.36.